The fourth-order valence-electron chi connectivity index (χ4n) is 6.59. The van der Waals surface area contributed by atoms with Crippen LogP contribution in [-0.4, -0.2) is 35.2 Å². The number of hydrogen-bond acceptors (Lipinski definition) is 6. The number of fused-ring (bicyclic) bond motifs is 2. The lowest BCUT2D eigenvalue weighted by Gasteiger charge is -2.44. The Morgan fingerprint density at radius 1 is 1.03 bits per heavy atom. The maximum absolute atomic E-state index is 14.5. The van der Waals surface area contributed by atoms with Gasteiger partial charge in [0, 0.05) is 22.4 Å². The average Bonchev–Trinajstić information content (AvgIpc) is 3.56. The van der Waals surface area contributed by atoms with Crippen LogP contribution in [0.15, 0.2) is 54.6 Å². The van der Waals surface area contributed by atoms with Crippen LogP contribution in [0.1, 0.15) is 49.8 Å². The first-order chi connectivity index (χ1) is 18.6. The molecule has 3 aliphatic rings. The Labute approximate surface area is 236 Å². The zero-order valence-electron chi connectivity index (χ0n) is 22.6. The molecule has 198 valence electrons. The number of hydrogen-bond donors (Lipinski definition) is 0. The number of methoxy groups -OCH3 is 1. The fraction of sp³-hybridized carbons (Fsp3) is 0.323. The van der Waals surface area contributed by atoms with Gasteiger partial charge in [-0.25, -0.2) is 4.98 Å². The van der Waals surface area contributed by atoms with Gasteiger partial charge < -0.3 is 9.64 Å². The molecule has 2 atom stereocenters. The number of thioether (sulfide) groups is 1. The summed E-state index contributed by atoms with van der Waals surface area (Å²) in [5.74, 6) is 1.09. The summed E-state index contributed by atoms with van der Waals surface area (Å²) in [5.41, 5.74) is 6.42. The van der Waals surface area contributed by atoms with Crippen molar-refractivity contribution < 1.29 is 14.3 Å². The highest BCUT2D eigenvalue weighted by molar-refractivity contribution is 8.02. The molecular weight excluding hydrogens is 526 g/mol. The number of nitrogens with zero attached hydrogens (tertiary/aromatic N) is 3. The summed E-state index contributed by atoms with van der Waals surface area (Å²) in [6.07, 6.45) is 0.837. The monoisotopic (exact) mass is 555 g/mol. The van der Waals surface area contributed by atoms with Gasteiger partial charge >= 0.3 is 0 Å². The quantitative estimate of drug-likeness (QED) is 0.277. The van der Waals surface area contributed by atoms with Gasteiger partial charge in [0.2, 0.25) is 10.8 Å². The number of ether oxygens (including phenoxy) is 1. The van der Waals surface area contributed by atoms with Gasteiger partial charge in [0.25, 0.3) is 5.91 Å². The molecule has 3 aromatic carbocycles. The molecular formula is C31H29N3O3S2. The lowest BCUT2D eigenvalue weighted by Crippen LogP contribution is -2.56. The first kappa shape index (κ1) is 24.7. The van der Waals surface area contributed by atoms with E-state index in [4.69, 9.17) is 9.72 Å². The molecule has 1 saturated heterocycles. The predicted molar refractivity (Wildman–Crippen MR) is 159 cm³/mol. The van der Waals surface area contributed by atoms with E-state index in [1.54, 1.807) is 23.3 Å². The Morgan fingerprint density at radius 3 is 2.54 bits per heavy atom. The van der Waals surface area contributed by atoms with Crippen LogP contribution in [-0.2, 0) is 14.5 Å². The van der Waals surface area contributed by atoms with E-state index in [0.29, 0.717) is 11.4 Å². The average molecular weight is 556 g/mol. The molecule has 1 fully saturated rings. The molecule has 2 unspecified atom stereocenters. The van der Waals surface area contributed by atoms with Crippen LogP contribution in [0.4, 0.5) is 11.4 Å². The third-order valence-electron chi connectivity index (χ3n) is 8.26. The van der Waals surface area contributed by atoms with E-state index in [1.165, 1.54) is 17.3 Å². The molecule has 39 heavy (non-hydrogen) atoms. The summed E-state index contributed by atoms with van der Waals surface area (Å²) in [5, 5.41) is 0.934. The summed E-state index contributed by atoms with van der Waals surface area (Å²) >= 11 is 3.07. The van der Waals surface area contributed by atoms with Crippen LogP contribution in [0.5, 0.6) is 5.75 Å². The van der Waals surface area contributed by atoms with E-state index < -0.39 is 4.87 Å². The van der Waals surface area contributed by atoms with Gasteiger partial charge in [0.15, 0.2) is 0 Å². The molecule has 8 heteroatoms. The maximum Gasteiger partial charge on any atom is 0.269 e. The molecule has 0 bridgehead atoms. The Morgan fingerprint density at radius 2 is 1.79 bits per heavy atom. The summed E-state index contributed by atoms with van der Waals surface area (Å²) < 4.78 is 6.85. The second-order valence-electron chi connectivity index (χ2n) is 11.4. The maximum atomic E-state index is 14.5. The van der Waals surface area contributed by atoms with Crippen molar-refractivity contribution in [3.8, 4) is 16.3 Å². The van der Waals surface area contributed by atoms with Crippen molar-refractivity contribution >= 4 is 56.5 Å². The van der Waals surface area contributed by atoms with Gasteiger partial charge in [-0.1, -0.05) is 13.0 Å². The van der Waals surface area contributed by atoms with Crippen LogP contribution in [0.3, 0.4) is 0 Å². The van der Waals surface area contributed by atoms with Gasteiger partial charge in [0.05, 0.1) is 28.8 Å². The number of aryl methyl sites for hydroxylation is 1. The lowest BCUT2D eigenvalue weighted by atomic mass is 9.80. The minimum Gasteiger partial charge on any atom is -0.497 e. The third-order valence-corrected chi connectivity index (χ3v) is 10.7. The van der Waals surface area contributed by atoms with Crippen molar-refractivity contribution in [1.29, 1.82) is 0 Å². The minimum absolute atomic E-state index is 0.0506. The standard InChI is InChI=1S/C31H29N3O3S2/c1-17-6-11-24-25(12-17)39-28(32-24)19-7-9-20(10-8-19)33-26(35)16-38-31(33)23-14-21(37-5)13-22-18(2)15-30(3,4)34(27(22)23)29(31)36/h6-14,18H,15-16H2,1-5H3. The number of anilines is 2. The number of carbonyl (C=O) groups excluding carboxylic acids is 2. The molecule has 2 amide bonds. The summed E-state index contributed by atoms with van der Waals surface area (Å²) in [6, 6.07) is 18.2. The van der Waals surface area contributed by atoms with Gasteiger partial charge in [-0.3, -0.25) is 14.5 Å². The largest absolute Gasteiger partial charge is 0.497 e. The van der Waals surface area contributed by atoms with Crippen molar-refractivity contribution in [2.24, 2.45) is 0 Å². The molecule has 0 N–H and O–H groups in total. The van der Waals surface area contributed by atoms with Gasteiger partial charge in [-0.15, -0.1) is 23.1 Å². The summed E-state index contributed by atoms with van der Waals surface area (Å²) in [6.45, 7) is 8.53. The minimum atomic E-state index is -1.16. The Hall–Kier alpha value is -3.36. The normalized spacial score (nSPS) is 23.3. The third kappa shape index (κ3) is 3.37. The van der Waals surface area contributed by atoms with Crippen molar-refractivity contribution in [3.63, 3.8) is 0 Å². The van der Waals surface area contributed by atoms with Gasteiger partial charge in [-0.2, -0.15) is 0 Å². The molecule has 0 aliphatic carbocycles. The van der Waals surface area contributed by atoms with E-state index in [1.807, 2.05) is 35.2 Å². The van der Waals surface area contributed by atoms with Crippen molar-refractivity contribution in [1.82, 2.24) is 4.98 Å². The van der Waals surface area contributed by atoms with Crippen LogP contribution in [0.2, 0.25) is 0 Å². The number of aromatic nitrogens is 1. The summed E-state index contributed by atoms with van der Waals surface area (Å²) in [4.78, 5) is 35.4. The Kier molecular flexibility index (Phi) is 5.26. The highest BCUT2D eigenvalue weighted by Gasteiger charge is 2.64. The van der Waals surface area contributed by atoms with E-state index in [9.17, 15) is 9.59 Å². The second kappa shape index (κ2) is 8.32. The molecule has 1 aromatic heterocycles. The van der Waals surface area contributed by atoms with Crippen molar-refractivity contribution in [3.05, 3.63) is 71.3 Å². The number of rotatable bonds is 3. The SMILES string of the molecule is COc1cc2c3c(c1)C1(SCC(=O)N1c1ccc(-c4nc5ccc(C)cc5s4)cc1)C(=O)N3C(C)(C)CC2C. The second-order valence-corrected chi connectivity index (χ2v) is 13.6. The van der Waals surface area contributed by atoms with Gasteiger partial charge in [-0.05, 0) is 92.8 Å². The predicted octanol–water partition coefficient (Wildman–Crippen LogP) is 6.85. The molecule has 0 radical (unpaired) electrons. The van der Waals surface area contributed by atoms with Gasteiger partial charge in [0.1, 0.15) is 10.8 Å². The zero-order chi connectivity index (χ0) is 27.3. The van der Waals surface area contributed by atoms with Crippen LogP contribution in [0, 0.1) is 6.92 Å². The number of carbonyl (C=O) groups is 2. The first-order valence-electron chi connectivity index (χ1n) is 13.2. The number of thiazole rings is 1. The van der Waals surface area contributed by atoms with Crippen LogP contribution >= 0.6 is 23.1 Å². The van der Waals surface area contributed by atoms with Crippen molar-refractivity contribution in [2.45, 2.75) is 50.4 Å². The smallest absolute Gasteiger partial charge is 0.269 e. The van der Waals surface area contributed by atoms with E-state index in [0.717, 1.165) is 44.0 Å². The Balaban J connectivity index is 1.36. The molecule has 4 heterocycles. The van der Waals surface area contributed by atoms with Crippen LogP contribution < -0.4 is 14.5 Å². The van der Waals surface area contributed by atoms with E-state index in [-0.39, 0.29) is 29.0 Å². The topological polar surface area (TPSA) is 62.7 Å². The molecule has 6 nitrogen and oxygen atoms in total. The van der Waals surface area contributed by atoms with Crippen LogP contribution in [0.25, 0.3) is 20.8 Å². The highest BCUT2D eigenvalue weighted by atomic mass is 32.2. The number of amides is 2. The Bertz CT molecular complexity index is 1690. The first-order valence-corrected chi connectivity index (χ1v) is 15.0. The van der Waals surface area contributed by atoms with Crippen molar-refractivity contribution in [2.75, 3.05) is 22.7 Å². The molecule has 1 spiro atoms. The number of benzene rings is 3. The molecule has 0 saturated carbocycles. The fourth-order valence-corrected chi connectivity index (χ4v) is 8.98. The zero-order valence-corrected chi connectivity index (χ0v) is 24.2. The molecule has 3 aliphatic heterocycles. The molecule has 7 rings (SSSR count). The summed E-state index contributed by atoms with van der Waals surface area (Å²) in [7, 11) is 1.65. The lowest BCUT2D eigenvalue weighted by molar-refractivity contribution is -0.124. The van der Waals surface area contributed by atoms with E-state index >= 15 is 0 Å². The van der Waals surface area contributed by atoms with E-state index in [2.05, 4.69) is 52.0 Å². The highest BCUT2D eigenvalue weighted by Crippen LogP contribution is 2.62. The molecule has 4 aromatic rings.